The third-order valence-electron chi connectivity index (χ3n) is 2.64. The number of nitrogens with one attached hydrogen (secondary N) is 1. The van der Waals surface area contributed by atoms with E-state index in [0.29, 0.717) is 19.1 Å². The largest absolute Gasteiger partial charge is 0.383 e. The molecule has 4 heteroatoms. The van der Waals surface area contributed by atoms with Crippen molar-refractivity contribution in [3.05, 3.63) is 34.1 Å². The predicted octanol–water partition coefficient (Wildman–Crippen LogP) is 3.35. The summed E-state index contributed by atoms with van der Waals surface area (Å²) in [4.78, 5) is 0. The van der Waals surface area contributed by atoms with Crippen LogP contribution in [0.5, 0.6) is 0 Å². The van der Waals surface area contributed by atoms with Gasteiger partial charge in [0.15, 0.2) is 0 Å². The van der Waals surface area contributed by atoms with Crippen molar-refractivity contribution in [3.8, 4) is 0 Å². The summed E-state index contributed by atoms with van der Waals surface area (Å²) in [7, 11) is 1.69. The van der Waals surface area contributed by atoms with Crippen LogP contribution in [0.3, 0.4) is 0 Å². The van der Waals surface area contributed by atoms with Crippen molar-refractivity contribution in [2.24, 2.45) is 5.92 Å². The molecule has 1 aromatic carbocycles. The first-order valence-electron chi connectivity index (χ1n) is 5.70. The second-order valence-electron chi connectivity index (χ2n) is 4.46. The third-order valence-corrected chi connectivity index (χ3v) is 3.10. The molecule has 0 saturated carbocycles. The second kappa shape index (κ2) is 7.09. The number of hydrogen-bond acceptors (Lipinski definition) is 2. The van der Waals surface area contributed by atoms with E-state index in [0.717, 1.165) is 10.0 Å². The summed E-state index contributed by atoms with van der Waals surface area (Å²) in [5.74, 6) is 0.260. The van der Waals surface area contributed by atoms with Crippen molar-refractivity contribution < 1.29 is 9.13 Å². The van der Waals surface area contributed by atoms with Gasteiger partial charge in [0.1, 0.15) is 5.82 Å². The molecule has 2 nitrogen and oxygen atoms in total. The fourth-order valence-corrected chi connectivity index (χ4v) is 2.14. The molecule has 0 spiro atoms. The maximum Gasteiger partial charge on any atom is 0.124 e. The lowest BCUT2D eigenvalue weighted by molar-refractivity contribution is 0.146. The second-order valence-corrected chi connectivity index (χ2v) is 5.38. The lowest BCUT2D eigenvalue weighted by Gasteiger charge is -2.21. The molecule has 0 radical (unpaired) electrons. The Balaban J connectivity index is 2.58. The van der Waals surface area contributed by atoms with Crippen LogP contribution in [0, 0.1) is 11.7 Å². The molecule has 0 amide bonds. The van der Waals surface area contributed by atoms with Gasteiger partial charge in [0.25, 0.3) is 0 Å². The molecule has 0 aliphatic heterocycles. The first-order valence-corrected chi connectivity index (χ1v) is 6.49. The van der Waals surface area contributed by atoms with Gasteiger partial charge < -0.3 is 10.1 Å². The first-order chi connectivity index (χ1) is 8.02. The Morgan fingerprint density at radius 2 is 2.06 bits per heavy atom. The molecule has 0 aromatic heterocycles. The molecule has 0 bridgehead atoms. The van der Waals surface area contributed by atoms with Crippen LogP contribution in [-0.2, 0) is 11.3 Å². The summed E-state index contributed by atoms with van der Waals surface area (Å²) in [6.45, 7) is 5.58. The van der Waals surface area contributed by atoms with Crippen molar-refractivity contribution in [3.63, 3.8) is 0 Å². The third kappa shape index (κ3) is 5.15. The van der Waals surface area contributed by atoms with Gasteiger partial charge in [-0.05, 0) is 29.7 Å². The van der Waals surface area contributed by atoms with E-state index in [1.54, 1.807) is 13.2 Å². The lowest BCUT2D eigenvalue weighted by atomic mass is 10.0. The highest BCUT2D eigenvalue weighted by molar-refractivity contribution is 9.10. The molecule has 1 rings (SSSR count). The van der Waals surface area contributed by atoms with E-state index < -0.39 is 0 Å². The average Bonchev–Trinajstić information content (AvgIpc) is 2.22. The normalized spacial score (nSPS) is 13.1. The Kier molecular flexibility index (Phi) is 6.09. The van der Waals surface area contributed by atoms with E-state index in [4.69, 9.17) is 4.74 Å². The van der Waals surface area contributed by atoms with Crippen LogP contribution in [-0.4, -0.2) is 19.8 Å². The monoisotopic (exact) mass is 303 g/mol. The van der Waals surface area contributed by atoms with Crippen LogP contribution in [0.15, 0.2) is 22.7 Å². The highest BCUT2D eigenvalue weighted by atomic mass is 79.9. The van der Waals surface area contributed by atoms with Crippen molar-refractivity contribution in [2.45, 2.75) is 26.4 Å². The Bertz CT molecular complexity index is 337. The molecule has 1 unspecified atom stereocenters. The van der Waals surface area contributed by atoms with E-state index in [1.165, 1.54) is 6.07 Å². The van der Waals surface area contributed by atoms with E-state index >= 15 is 0 Å². The number of methoxy groups -OCH3 is 1. The molecule has 0 aliphatic carbocycles. The molecular weight excluding hydrogens is 285 g/mol. The molecule has 0 saturated heterocycles. The zero-order valence-electron chi connectivity index (χ0n) is 10.5. The average molecular weight is 304 g/mol. The smallest absolute Gasteiger partial charge is 0.124 e. The van der Waals surface area contributed by atoms with Gasteiger partial charge in [0, 0.05) is 24.2 Å². The summed E-state index contributed by atoms with van der Waals surface area (Å²) in [5, 5.41) is 3.38. The molecule has 0 heterocycles. The lowest BCUT2D eigenvalue weighted by Crippen LogP contribution is -2.37. The van der Waals surface area contributed by atoms with Gasteiger partial charge in [0.2, 0.25) is 0 Å². The Morgan fingerprint density at radius 3 is 2.59 bits per heavy atom. The van der Waals surface area contributed by atoms with Crippen LogP contribution < -0.4 is 5.32 Å². The van der Waals surface area contributed by atoms with E-state index in [1.807, 2.05) is 6.07 Å². The first kappa shape index (κ1) is 14.6. The van der Waals surface area contributed by atoms with Gasteiger partial charge in [-0.15, -0.1) is 0 Å². The van der Waals surface area contributed by atoms with E-state index in [-0.39, 0.29) is 11.9 Å². The fourth-order valence-electron chi connectivity index (χ4n) is 1.63. The van der Waals surface area contributed by atoms with Crippen molar-refractivity contribution in [2.75, 3.05) is 13.7 Å². The summed E-state index contributed by atoms with van der Waals surface area (Å²) in [6.07, 6.45) is 0. The Morgan fingerprint density at radius 1 is 1.35 bits per heavy atom. The summed E-state index contributed by atoms with van der Waals surface area (Å²) >= 11 is 3.29. The number of ether oxygens (including phenoxy) is 1. The maximum absolute atomic E-state index is 13.2. The minimum atomic E-state index is -0.219. The molecular formula is C13H19BrFNO. The molecule has 1 atom stereocenters. The molecule has 1 aromatic rings. The SMILES string of the molecule is COCC(NCc1cc(F)cc(Br)c1)C(C)C. The van der Waals surface area contributed by atoms with Gasteiger partial charge in [-0.25, -0.2) is 4.39 Å². The number of benzene rings is 1. The van der Waals surface area contributed by atoms with Crippen molar-refractivity contribution in [1.29, 1.82) is 0 Å². The number of rotatable bonds is 6. The van der Waals surface area contributed by atoms with Crippen LogP contribution in [0.1, 0.15) is 19.4 Å². The number of hydrogen-bond donors (Lipinski definition) is 1. The van der Waals surface area contributed by atoms with Crippen molar-refractivity contribution in [1.82, 2.24) is 5.32 Å². The highest BCUT2D eigenvalue weighted by Gasteiger charge is 2.12. The summed E-state index contributed by atoms with van der Waals surface area (Å²) in [6, 6.07) is 5.20. The highest BCUT2D eigenvalue weighted by Crippen LogP contribution is 2.15. The standard InChI is InChI=1S/C13H19BrFNO/c1-9(2)13(8-17-3)16-7-10-4-11(14)6-12(15)5-10/h4-6,9,13,16H,7-8H2,1-3H3. The number of halogens is 2. The molecule has 1 N–H and O–H groups in total. The van der Waals surface area contributed by atoms with Gasteiger partial charge in [-0.2, -0.15) is 0 Å². The zero-order chi connectivity index (χ0) is 12.8. The molecule has 17 heavy (non-hydrogen) atoms. The fraction of sp³-hybridized carbons (Fsp3) is 0.538. The zero-order valence-corrected chi connectivity index (χ0v) is 12.1. The predicted molar refractivity (Wildman–Crippen MR) is 71.4 cm³/mol. The summed E-state index contributed by atoms with van der Waals surface area (Å²) < 4.78 is 19.1. The topological polar surface area (TPSA) is 21.3 Å². The van der Waals surface area contributed by atoms with Crippen LogP contribution in [0.2, 0.25) is 0 Å². The maximum atomic E-state index is 13.2. The van der Waals surface area contributed by atoms with Gasteiger partial charge in [-0.1, -0.05) is 29.8 Å². The van der Waals surface area contributed by atoms with Crippen LogP contribution >= 0.6 is 15.9 Å². The quantitative estimate of drug-likeness (QED) is 0.870. The van der Waals surface area contributed by atoms with Gasteiger partial charge in [-0.3, -0.25) is 0 Å². The molecule has 96 valence electrons. The summed E-state index contributed by atoms with van der Waals surface area (Å²) in [5.41, 5.74) is 0.929. The van der Waals surface area contributed by atoms with E-state index in [2.05, 4.69) is 35.1 Å². The molecule has 0 fully saturated rings. The van der Waals surface area contributed by atoms with Crippen LogP contribution in [0.4, 0.5) is 4.39 Å². The van der Waals surface area contributed by atoms with Crippen molar-refractivity contribution >= 4 is 15.9 Å². The van der Waals surface area contributed by atoms with Gasteiger partial charge in [0.05, 0.1) is 6.61 Å². The Labute approximate surface area is 111 Å². The molecule has 0 aliphatic rings. The minimum Gasteiger partial charge on any atom is -0.383 e. The van der Waals surface area contributed by atoms with Gasteiger partial charge >= 0.3 is 0 Å². The van der Waals surface area contributed by atoms with Crippen LogP contribution in [0.25, 0.3) is 0 Å². The van der Waals surface area contributed by atoms with E-state index in [9.17, 15) is 4.39 Å². The Hall–Kier alpha value is -0.450. The minimum absolute atomic E-state index is 0.219.